The van der Waals surface area contributed by atoms with E-state index >= 15 is 0 Å². The van der Waals surface area contributed by atoms with E-state index in [0.29, 0.717) is 17.5 Å². The Labute approximate surface area is 112 Å². The van der Waals surface area contributed by atoms with Crippen molar-refractivity contribution in [1.82, 2.24) is 5.32 Å². The molecule has 18 heavy (non-hydrogen) atoms. The number of rotatable bonds is 3. The molecule has 1 saturated carbocycles. The third-order valence-corrected chi connectivity index (χ3v) is 4.46. The minimum absolute atomic E-state index is 0.458. The third kappa shape index (κ3) is 3.35. The molecule has 3 atom stereocenters. The Kier molecular flexibility index (Phi) is 4.11. The van der Waals surface area contributed by atoms with E-state index in [0.717, 1.165) is 5.92 Å². The van der Waals surface area contributed by atoms with Gasteiger partial charge in [0.15, 0.2) is 0 Å². The van der Waals surface area contributed by atoms with E-state index in [-0.39, 0.29) is 0 Å². The van der Waals surface area contributed by atoms with Gasteiger partial charge >= 0.3 is 0 Å². The van der Waals surface area contributed by atoms with Crippen LogP contribution in [-0.4, -0.2) is 6.04 Å². The highest BCUT2D eigenvalue weighted by atomic mass is 15.0. The Morgan fingerprint density at radius 2 is 1.89 bits per heavy atom. The molecule has 1 heteroatoms. The number of benzene rings is 1. The highest BCUT2D eigenvalue weighted by Crippen LogP contribution is 2.39. The number of hydrogen-bond donors (Lipinski definition) is 1. The van der Waals surface area contributed by atoms with Gasteiger partial charge in [-0.3, -0.25) is 0 Å². The van der Waals surface area contributed by atoms with Crippen molar-refractivity contribution in [2.45, 2.75) is 59.0 Å². The molecule has 1 aliphatic carbocycles. The van der Waals surface area contributed by atoms with Crippen molar-refractivity contribution in [3.63, 3.8) is 0 Å². The minimum Gasteiger partial charge on any atom is -0.307 e. The Morgan fingerprint density at radius 1 is 1.22 bits per heavy atom. The Morgan fingerprint density at radius 3 is 2.50 bits per heavy atom. The molecule has 1 N–H and O–H groups in total. The lowest BCUT2D eigenvalue weighted by Gasteiger charge is -2.40. The SMILES string of the molecule is CC1CC(C)(C)CCC1N[C@H](C)c1ccccc1. The van der Waals surface area contributed by atoms with Crippen molar-refractivity contribution in [3.05, 3.63) is 35.9 Å². The Balaban J connectivity index is 1.94. The van der Waals surface area contributed by atoms with Crippen molar-refractivity contribution < 1.29 is 0 Å². The molecule has 0 saturated heterocycles. The molecule has 1 nitrogen and oxygen atoms in total. The number of nitrogens with one attached hydrogen (secondary N) is 1. The lowest BCUT2D eigenvalue weighted by Crippen LogP contribution is -2.42. The monoisotopic (exact) mass is 245 g/mol. The Bertz CT molecular complexity index is 368. The van der Waals surface area contributed by atoms with E-state index in [1.165, 1.54) is 24.8 Å². The first-order valence-electron chi connectivity index (χ1n) is 7.29. The quantitative estimate of drug-likeness (QED) is 0.823. The van der Waals surface area contributed by atoms with Crippen molar-refractivity contribution in [2.75, 3.05) is 0 Å². The zero-order valence-electron chi connectivity index (χ0n) is 12.2. The molecule has 0 heterocycles. The molecule has 0 aliphatic heterocycles. The molecule has 1 aliphatic rings. The summed E-state index contributed by atoms with van der Waals surface area (Å²) in [6, 6.07) is 11.9. The van der Waals surface area contributed by atoms with Crippen LogP contribution < -0.4 is 5.32 Å². The van der Waals surface area contributed by atoms with Crippen LogP contribution in [0.15, 0.2) is 30.3 Å². The van der Waals surface area contributed by atoms with Crippen LogP contribution in [0.4, 0.5) is 0 Å². The molecular weight excluding hydrogens is 218 g/mol. The summed E-state index contributed by atoms with van der Waals surface area (Å²) in [4.78, 5) is 0. The molecule has 1 fully saturated rings. The molecule has 0 radical (unpaired) electrons. The van der Waals surface area contributed by atoms with Crippen LogP contribution in [0.3, 0.4) is 0 Å². The summed E-state index contributed by atoms with van der Waals surface area (Å²) in [6.45, 7) is 9.48. The van der Waals surface area contributed by atoms with Gasteiger partial charge in [0.25, 0.3) is 0 Å². The maximum Gasteiger partial charge on any atom is 0.0294 e. The topological polar surface area (TPSA) is 12.0 Å². The van der Waals surface area contributed by atoms with E-state index in [4.69, 9.17) is 0 Å². The fraction of sp³-hybridized carbons (Fsp3) is 0.647. The average Bonchev–Trinajstić information content (AvgIpc) is 2.33. The standard InChI is InChI=1S/C17H27N/c1-13-12-17(3,4)11-10-16(13)18-14(2)15-8-6-5-7-9-15/h5-9,13-14,16,18H,10-12H2,1-4H3/t13?,14-,16?/m1/s1. The van der Waals surface area contributed by atoms with Crippen molar-refractivity contribution in [1.29, 1.82) is 0 Å². The van der Waals surface area contributed by atoms with Gasteiger partial charge in [-0.1, -0.05) is 51.1 Å². The van der Waals surface area contributed by atoms with Crippen LogP contribution in [0, 0.1) is 11.3 Å². The third-order valence-electron chi connectivity index (χ3n) is 4.46. The maximum absolute atomic E-state index is 3.82. The molecule has 0 bridgehead atoms. The maximum atomic E-state index is 3.82. The van der Waals surface area contributed by atoms with Crippen LogP contribution in [0.25, 0.3) is 0 Å². The first kappa shape index (κ1) is 13.6. The highest BCUT2D eigenvalue weighted by molar-refractivity contribution is 5.18. The van der Waals surface area contributed by atoms with Crippen LogP contribution >= 0.6 is 0 Å². The minimum atomic E-state index is 0.458. The highest BCUT2D eigenvalue weighted by Gasteiger charge is 2.32. The number of hydrogen-bond acceptors (Lipinski definition) is 1. The van der Waals surface area contributed by atoms with Crippen molar-refractivity contribution in [2.24, 2.45) is 11.3 Å². The molecule has 0 amide bonds. The van der Waals surface area contributed by atoms with Gasteiger partial charge in [-0.2, -0.15) is 0 Å². The van der Waals surface area contributed by atoms with Gasteiger partial charge in [0.1, 0.15) is 0 Å². The van der Waals surface area contributed by atoms with E-state index in [9.17, 15) is 0 Å². The van der Waals surface area contributed by atoms with Crippen LogP contribution in [0.2, 0.25) is 0 Å². The summed E-state index contributed by atoms with van der Waals surface area (Å²) in [5, 5.41) is 3.82. The summed E-state index contributed by atoms with van der Waals surface area (Å²) < 4.78 is 0. The molecule has 0 aromatic heterocycles. The van der Waals surface area contributed by atoms with E-state index < -0.39 is 0 Å². The molecular formula is C17H27N. The Hall–Kier alpha value is -0.820. The zero-order chi connectivity index (χ0) is 13.2. The predicted molar refractivity (Wildman–Crippen MR) is 78.6 cm³/mol. The van der Waals surface area contributed by atoms with Gasteiger partial charge in [0, 0.05) is 12.1 Å². The molecule has 1 aromatic carbocycles. The first-order valence-corrected chi connectivity index (χ1v) is 7.29. The molecule has 2 unspecified atom stereocenters. The van der Waals surface area contributed by atoms with E-state index in [1.54, 1.807) is 0 Å². The normalized spacial score (nSPS) is 28.9. The zero-order valence-corrected chi connectivity index (χ0v) is 12.2. The smallest absolute Gasteiger partial charge is 0.0294 e. The predicted octanol–water partition coefficient (Wildman–Crippen LogP) is 4.55. The van der Waals surface area contributed by atoms with Gasteiger partial charge < -0.3 is 5.32 Å². The molecule has 100 valence electrons. The van der Waals surface area contributed by atoms with Crippen molar-refractivity contribution in [3.8, 4) is 0 Å². The average molecular weight is 245 g/mol. The summed E-state index contributed by atoms with van der Waals surface area (Å²) in [5.74, 6) is 0.778. The lowest BCUT2D eigenvalue weighted by atomic mass is 9.70. The molecule has 1 aromatic rings. The molecule has 2 rings (SSSR count). The summed E-state index contributed by atoms with van der Waals surface area (Å²) >= 11 is 0. The fourth-order valence-electron chi connectivity index (χ4n) is 3.35. The first-order chi connectivity index (χ1) is 8.48. The van der Waals surface area contributed by atoms with E-state index in [1.807, 2.05) is 0 Å². The second kappa shape index (κ2) is 5.44. The summed E-state index contributed by atoms with van der Waals surface area (Å²) in [5.41, 5.74) is 1.93. The van der Waals surface area contributed by atoms with Gasteiger partial charge in [-0.15, -0.1) is 0 Å². The fourth-order valence-corrected chi connectivity index (χ4v) is 3.35. The second-order valence-corrected chi connectivity index (χ2v) is 6.79. The van der Waals surface area contributed by atoms with Crippen LogP contribution in [0.5, 0.6) is 0 Å². The summed E-state index contributed by atoms with van der Waals surface area (Å²) in [7, 11) is 0. The van der Waals surface area contributed by atoms with E-state index in [2.05, 4.69) is 63.3 Å². The van der Waals surface area contributed by atoms with Crippen LogP contribution in [-0.2, 0) is 0 Å². The van der Waals surface area contributed by atoms with Crippen molar-refractivity contribution >= 4 is 0 Å². The lowest BCUT2D eigenvalue weighted by molar-refractivity contribution is 0.143. The van der Waals surface area contributed by atoms with Gasteiger partial charge in [-0.25, -0.2) is 0 Å². The van der Waals surface area contributed by atoms with Gasteiger partial charge in [0.05, 0.1) is 0 Å². The summed E-state index contributed by atoms with van der Waals surface area (Å²) in [6.07, 6.45) is 3.99. The van der Waals surface area contributed by atoms with Gasteiger partial charge in [-0.05, 0) is 43.1 Å². The molecule has 0 spiro atoms. The second-order valence-electron chi connectivity index (χ2n) is 6.79. The van der Waals surface area contributed by atoms with Crippen LogP contribution in [0.1, 0.15) is 58.6 Å². The van der Waals surface area contributed by atoms with Gasteiger partial charge in [0.2, 0.25) is 0 Å². The largest absolute Gasteiger partial charge is 0.307 e.